The Bertz CT molecular complexity index is 231. The minimum Gasteiger partial charge on any atom is -0.328 e. The summed E-state index contributed by atoms with van der Waals surface area (Å²) in [4.78, 5) is 15.1. The van der Waals surface area contributed by atoms with Crippen LogP contribution in [0.3, 0.4) is 0 Å². The maximum atomic E-state index is 11.2. The molecule has 1 aromatic rings. The number of nitrogens with zero attached hydrogens (tertiary/aromatic N) is 1. The number of ketones is 1. The second kappa shape index (κ2) is 3.59. The predicted molar refractivity (Wildman–Crippen MR) is 44.7 cm³/mol. The molecule has 1 unspecified atom stereocenters. The summed E-state index contributed by atoms with van der Waals surface area (Å²) in [6, 6.07) is -0.0794. The number of carbonyl (C=O) groups is 1. The van der Waals surface area contributed by atoms with Gasteiger partial charge in [-0.05, 0) is 6.92 Å². The van der Waals surface area contributed by atoms with Crippen molar-refractivity contribution in [3.05, 3.63) is 16.6 Å². The first-order valence-electron chi connectivity index (χ1n) is 3.37. The number of thiazole rings is 1. The van der Waals surface area contributed by atoms with Gasteiger partial charge in [0, 0.05) is 17.8 Å². The first-order chi connectivity index (χ1) is 5.20. The largest absolute Gasteiger partial charge is 0.328 e. The fourth-order valence-corrected chi connectivity index (χ4v) is 1.30. The molecule has 60 valence electrons. The van der Waals surface area contributed by atoms with Gasteiger partial charge in [-0.25, -0.2) is 4.98 Å². The zero-order chi connectivity index (χ0) is 8.27. The van der Waals surface area contributed by atoms with Crippen LogP contribution in [0.5, 0.6) is 0 Å². The smallest absolute Gasteiger partial charge is 0.183 e. The van der Waals surface area contributed by atoms with E-state index in [-0.39, 0.29) is 11.8 Å². The van der Waals surface area contributed by atoms with E-state index in [9.17, 15) is 4.79 Å². The molecule has 4 heteroatoms. The molecule has 11 heavy (non-hydrogen) atoms. The Hall–Kier alpha value is -0.740. The van der Waals surface area contributed by atoms with Crippen molar-refractivity contribution in [1.82, 2.24) is 4.98 Å². The van der Waals surface area contributed by atoms with Gasteiger partial charge in [0.25, 0.3) is 0 Å². The van der Waals surface area contributed by atoms with Crippen LogP contribution < -0.4 is 5.73 Å². The Balaban J connectivity index is 2.57. The summed E-state index contributed by atoms with van der Waals surface area (Å²) >= 11 is 1.42. The fourth-order valence-electron chi connectivity index (χ4n) is 0.747. The highest BCUT2D eigenvalue weighted by atomic mass is 32.1. The third kappa shape index (κ3) is 2.40. The summed E-state index contributed by atoms with van der Waals surface area (Å²) in [5.41, 5.74) is 7.64. The van der Waals surface area contributed by atoms with E-state index < -0.39 is 0 Å². The minimum atomic E-state index is -0.0794. The van der Waals surface area contributed by atoms with Crippen molar-refractivity contribution >= 4 is 17.1 Å². The molecule has 1 rings (SSSR count). The summed E-state index contributed by atoms with van der Waals surface area (Å²) in [5, 5.41) is 1.74. The number of hydrogen-bond acceptors (Lipinski definition) is 4. The third-order valence-electron chi connectivity index (χ3n) is 1.23. The lowest BCUT2D eigenvalue weighted by atomic mass is 10.1. The van der Waals surface area contributed by atoms with Crippen molar-refractivity contribution in [2.24, 2.45) is 5.73 Å². The van der Waals surface area contributed by atoms with Crippen molar-refractivity contribution in [2.45, 2.75) is 19.4 Å². The van der Waals surface area contributed by atoms with Crippen LogP contribution in [0, 0.1) is 0 Å². The van der Waals surface area contributed by atoms with Crippen LogP contribution in [0.25, 0.3) is 0 Å². The van der Waals surface area contributed by atoms with Gasteiger partial charge in [-0.2, -0.15) is 0 Å². The van der Waals surface area contributed by atoms with Gasteiger partial charge in [-0.3, -0.25) is 4.79 Å². The Morgan fingerprint density at radius 2 is 2.64 bits per heavy atom. The minimum absolute atomic E-state index is 0.0289. The van der Waals surface area contributed by atoms with Crippen LogP contribution in [0.4, 0.5) is 0 Å². The Labute approximate surface area is 69.3 Å². The predicted octanol–water partition coefficient (Wildman–Crippen LogP) is 1.06. The standard InChI is InChI=1S/C7H10N2OS/c1-5(8)2-7(10)6-3-11-4-9-6/h3-5H,2,8H2,1H3. The lowest BCUT2D eigenvalue weighted by Crippen LogP contribution is -2.19. The average molecular weight is 170 g/mol. The molecular weight excluding hydrogens is 160 g/mol. The Morgan fingerprint density at radius 1 is 1.91 bits per heavy atom. The quantitative estimate of drug-likeness (QED) is 0.690. The lowest BCUT2D eigenvalue weighted by Gasteiger charge is -1.99. The molecule has 0 spiro atoms. The lowest BCUT2D eigenvalue weighted by molar-refractivity contribution is 0.0972. The van der Waals surface area contributed by atoms with Gasteiger partial charge in [0.15, 0.2) is 5.78 Å². The highest BCUT2D eigenvalue weighted by Crippen LogP contribution is 2.04. The molecule has 0 radical (unpaired) electrons. The van der Waals surface area contributed by atoms with E-state index in [1.807, 2.05) is 6.92 Å². The normalized spacial score (nSPS) is 12.9. The maximum Gasteiger partial charge on any atom is 0.183 e. The fraction of sp³-hybridized carbons (Fsp3) is 0.429. The van der Waals surface area contributed by atoms with Gasteiger partial charge in [0.05, 0.1) is 5.51 Å². The number of rotatable bonds is 3. The Morgan fingerprint density at radius 3 is 3.09 bits per heavy atom. The van der Waals surface area contributed by atoms with E-state index in [4.69, 9.17) is 5.73 Å². The molecule has 0 bridgehead atoms. The van der Waals surface area contributed by atoms with Crippen LogP contribution in [0.1, 0.15) is 23.8 Å². The first kappa shape index (κ1) is 8.36. The van der Waals surface area contributed by atoms with E-state index in [2.05, 4.69) is 4.98 Å². The highest BCUT2D eigenvalue weighted by Gasteiger charge is 2.09. The molecular formula is C7H10N2OS. The monoisotopic (exact) mass is 170 g/mol. The molecule has 0 amide bonds. The SMILES string of the molecule is CC(N)CC(=O)c1cscn1. The molecule has 0 saturated heterocycles. The second-order valence-electron chi connectivity index (χ2n) is 2.48. The van der Waals surface area contributed by atoms with Crippen molar-refractivity contribution in [1.29, 1.82) is 0 Å². The summed E-state index contributed by atoms with van der Waals surface area (Å²) in [7, 11) is 0. The third-order valence-corrected chi connectivity index (χ3v) is 1.81. The molecule has 1 atom stereocenters. The van der Waals surface area contributed by atoms with Crippen LogP contribution in [0.15, 0.2) is 10.9 Å². The Kier molecular flexibility index (Phi) is 2.73. The van der Waals surface area contributed by atoms with E-state index in [0.29, 0.717) is 12.1 Å². The number of Topliss-reactive ketones (excluding diaryl/α,β-unsaturated/α-hetero) is 1. The number of nitrogens with two attached hydrogens (primary N) is 1. The highest BCUT2D eigenvalue weighted by molar-refractivity contribution is 7.07. The topological polar surface area (TPSA) is 56.0 Å². The van der Waals surface area contributed by atoms with E-state index in [1.54, 1.807) is 10.9 Å². The van der Waals surface area contributed by atoms with Gasteiger partial charge in [0.2, 0.25) is 0 Å². The molecule has 2 N–H and O–H groups in total. The van der Waals surface area contributed by atoms with Gasteiger partial charge in [0.1, 0.15) is 5.69 Å². The van der Waals surface area contributed by atoms with Crippen molar-refractivity contribution in [2.75, 3.05) is 0 Å². The summed E-state index contributed by atoms with van der Waals surface area (Å²) < 4.78 is 0. The van der Waals surface area contributed by atoms with Crippen LogP contribution in [-0.2, 0) is 0 Å². The zero-order valence-electron chi connectivity index (χ0n) is 6.28. The van der Waals surface area contributed by atoms with Crippen molar-refractivity contribution < 1.29 is 4.79 Å². The summed E-state index contributed by atoms with van der Waals surface area (Å²) in [5.74, 6) is 0.0289. The van der Waals surface area contributed by atoms with Crippen LogP contribution in [-0.4, -0.2) is 16.8 Å². The van der Waals surface area contributed by atoms with Gasteiger partial charge < -0.3 is 5.73 Å². The van der Waals surface area contributed by atoms with Crippen molar-refractivity contribution in [3.8, 4) is 0 Å². The first-order valence-corrected chi connectivity index (χ1v) is 4.31. The van der Waals surface area contributed by atoms with Gasteiger partial charge >= 0.3 is 0 Å². The molecule has 0 saturated carbocycles. The number of carbonyl (C=O) groups excluding carboxylic acids is 1. The molecule has 0 aliphatic rings. The van der Waals surface area contributed by atoms with Crippen LogP contribution >= 0.6 is 11.3 Å². The maximum absolute atomic E-state index is 11.2. The van der Waals surface area contributed by atoms with Crippen molar-refractivity contribution in [3.63, 3.8) is 0 Å². The number of hydrogen-bond donors (Lipinski definition) is 1. The molecule has 1 aromatic heterocycles. The molecule has 1 heterocycles. The molecule has 3 nitrogen and oxygen atoms in total. The molecule has 0 fully saturated rings. The molecule has 0 aliphatic heterocycles. The molecule has 0 aromatic carbocycles. The van der Waals surface area contributed by atoms with E-state index >= 15 is 0 Å². The average Bonchev–Trinajstić information content (AvgIpc) is 2.35. The van der Waals surface area contributed by atoms with Gasteiger partial charge in [-0.1, -0.05) is 0 Å². The number of aromatic nitrogens is 1. The van der Waals surface area contributed by atoms with E-state index in [1.165, 1.54) is 11.3 Å². The van der Waals surface area contributed by atoms with Gasteiger partial charge in [-0.15, -0.1) is 11.3 Å². The molecule has 0 aliphatic carbocycles. The van der Waals surface area contributed by atoms with Crippen LogP contribution in [0.2, 0.25) is 0 Å². The second-order valence-corrected chi connectivity index (χ2v) is 3.20. The zero-order valence-corrected chi connectivity index (χ0v) is 7.10. The summed E-state index contributed by atoms with van der Waals surface area (Å²) in [6.07, 6.45) is 0.379. The van der Waals surface area contributed by atoms with E-state index in [0.717, 1.165) is 0 Å². The summed E-state index contributed by atoms with van der Waals surface area (Å²) in [6.45, 7) is 1.81.